The highest BCUT2D eigenvalue weighted by molar-refractivity contribution is 5.78. The zero-order chi connectivity index (χ0) is 13.5. The normalized spacial score (nSPS) is 20.2. The van der Waals surface area contributed by atoms with E-state index < -0.39 is 0 Å². The second kappa shape index (κ2) is 7.26. The standard InChI is InChI=1S/C15H22N2O2/c1-12(14-8-5-9-19-14)16-11-15(18)17-10-13-6-3-2-4-7-13/h2-4,6-7,12,14,16H,5,8-11H2,1H3,(H,17,18). The molecule has 4 nitrogen and oxygen atoms in total. The number of carbonyl (C=O) groups excluding carboxylic acids is 1. The van der Waals surface area contributed by atoms with Crippen LogP contribution in [-0.2, 0) is 16.1 Å². The number of hydrogen-bond acceptors (Lipinski definition) is 3. The molecule has 0 saturated carbocycles. The SMILES string of the molecule is CC(NCC(=O)NCc1ccccc1)C1CCCO1. The summed E-state index contributed by atoms with van der Waals surface area (Å²) in [7, 11) is 0. The van der Waals surface area contributed by atoms with E-state index in [1.165, 1.54) is 0 Å². The van der Waals surface area contributed by atoms with Crippen LogP contribution < -0.4 is 10.6 Å². The Balaban J connectivity index is 1.64. The number of hydrogen-bond donors (Lipinski definition) is 2. The minimum atomic E-state index is 0.0219. The van der Waals surface area contributed by atoms with Gasteiger partial charge in [-0.05, 0) is 25.3 Å². The van der Waals surface area contributed by atoms with Gasteiger partial charge in [0.1, 0.15) is 0 Å². The van der Waals surface area contributed by atoms with Crippen LogP contribution in [-0.4, -0.2) is 31.2 Å². The van der Waals surface area contributed by atoms with E-state index in [9.17, 15) is 4.79 Å². The van der Waals surface area contributed by atoms with E-state index in [0.717, 1.165) is 25.0 Å². The molecule has 19 heavy (non-hydrogen) atoms. The molecule has 1 fully saturated rings. The molecule has 2 N–H and O–H groups in total. The van der Waals surface area contributed by atoms with Crippen LogP contribution >= 0.6 is 0 Å². The maximum atomic E-state index is 11.7. The van der Waals surface area contributed by atoms with Crippen molar-refractivity contribution in [2.75, 3.05) is 13.2 Å². The number of ether oxygens (including phenoxy) is 1. The van der Waals surface area contributed by atoms with Crippen molar-refractivity contribution in [2.45, 2.75) is 38.5 Å². The van der Waals surface area contributed by atoms with Crippen molar-refractivity contribution in [1.29, 1.82) is 0 Å². The van der Waals surface area contributed by atoms with Crippen LogP contribution in [0.25, 0.3) is 0 Å². The lowest BCUT2D eigenvalue weighted by Gasteiger charge is -2.19. The molecular formula is C15H22N2O2. The minimum absolute atomic E-state index is 0.0219. The largest absolute Gasteiger partial charge is 0.377 e. The Kier molecular flexibility index (Phi) is 5.36. The summed E-state index contributed by atoms with van der Waals surface area (Å²) in [6.45, 7) is 3.83. The highest BCUT2D eigenvalue weighted by Crippen LogP contribution is 2.14. The molecule has 2 atom stereocenters. The third kappa shape index (κ3) is 4.65. The topological polar surface area (TPSA) is 50.4 Å². The lowest BCUT2D eigenvalue weighted by atomic mass is 10.1. The minimum Gasteiger partial charge on any atom is -0.377 e. The van der Waals surface area contributed by atoms with Crippen molar-refractivity contribution in [2.24, 2.45) is 0 Å². The van der Waals surface area contributed by atoms with Crippen molar-refractivity contribution >= 4 is 5.91 Å². The zero-order valence-corrected chi connectivity index (χ0v) is 11.4. The highest BCUT2D eigenvalue weighted by Gasteiger charge is 2.22. The molecule has 0 aliphatic carbocycles. The average Bonchev–Trinajstić information content (AvgIpc) is 2.98. The molecule has 4 heteroatoms. The van der Waals surface area contributed by atoms with Gasteiger partial charge in [0.25, 0.3) is 0 Å². The number of rotatable bonds is 6. The van der Waals surface area contributed by atoms with Gasteiger partial charge in [-0.3, -0.25) is 4.79 Å². The summed E-state index contributed by atoms with van der Waals surface area (Å²) in [6.07, 6.45) is 2.46. The lowest BCUT2D eigenvalue weighted by Crippen LogP contribution is -2.42. The zero-order valence-electron chi connectivity index (χ0n) is 11.4. The summed E-state index contributed by atoms with van der Waals surface area (Å²) in [5.74, 6) is 0.0219. The second-order valence-corrected chi connectivity index (χ2v) is 4.98. The van der Waals surface area contributed by atoms with E-state index in [1.807, 2.05) is 30.3 Å². The highest BCUT2D eigenvalue weighted by atomic mass is 16.5. The average molecular weight is 262 g/mol. The van der Waals surface area contributed by atoms with Crippen molar-refractivity contribution < 1.29 is 9.53 Å². The quantitative estimate of drug-likeness (QED) is 0.816. The first-order chi connectivity index (χ1) is 9.25. The Morgan fingerprint density at radius 2 is 2.21 bits per heavy atom. The molecular weight excluding hydrogens is 240 g/mol. The van der Waals surface area contributed by atoms with Gasteiger partial charge in [0.2, 0.25) is 5.91 Å². The van der Waals surface area contributed by atoms with Crippen molar-refractivity contribution in [3.8, 4) is 0 Å². The Labute approximate surface area is 114 Å². The number of nitrogens with one attached hydrogen (secondary N) is 2. The Hall–Kier alpha value is -1.39. The fraction of sp³-hybridized carbons (Fsp3) is 0.533. The van der Waals surface area contributed by atoms with Gasteiger partial charge >= 0.3 is 0 Å². The molecule has 1 saturated heterocycles. The fourth-order valence-electron chi connectivity index (χ4n) is 2.24. The maximum Gasteiger partial charge on any atom is 0.234 e. The van der Waals surface area contributed by atoms with Crippen LogP contribution in [0, 0.1) is 0 Å². The van der Waals surface area contributed by atoms with Crippen LogP contribution in [0.1, 0.15) is 25.3 Å². The molecule has 1 amide bonds. The summed E-state index contributed by atoms with van der Waals surface area (Å²) in [5.41, 5.74) is 1.11. The van der Waals surface area contributed by atoms with Crippen LogP contribution in [0.3, 0.4) is 0 Å². The van der Waals surface area contributed by atoms with Gasteiger partial charge in [-0.1, -0.05) is 30.3 Å². The Morgan fingerprint density at radius 3 is 2.89 bits per heavy atom. The molecule has 1 heterocycles. The van der Waals surface area contributed by atoms with E-state index in [-0.39, 0.29) is 18.1 Å². The predicted octanol–water partition coefficient (Wildman–Crippen LogP) is 1.46. The lowest BCUT2D eigenvalue weighted by molar-refractivity contribution is -0.120. The van der Waals surface area contributed by atoms with Gasteiger partial charge < -0.3 is 15.4 Å². The fourth-order valence-corrected chi connectivity index (χ4v) is 2.24. The first-order valence-corrected chi connectivity index (χ1v) is 6.91. The van der Waals surface area contributed by atoms with Gasteiger partial charge in [0.15, 0.2) is 0 Å². The third-order valence-electron chi connectivity index (χ3n) is 3.44. The maximum absolute atomic E-state index is 11.7. The molecule has 1 aliphatic rings. The van der Waals surface area contributed by atoms with Crippen molar-refractivity contribution in [3.63, 3.8) is 0 Å². The van der Waals surface area contributed by atoms with E-state index >= 15 is 0 Å². The number of amides is 1. The third-order valence-corrected chi connectivity index (χ3v) is 3.44. The van der Waals surface area contributed by atoms with Crippen molar-refractivity contribution in [3.05, 3.63) is 35.9 Å². The van der Waals surface area contributed by atoms with Crippen LogP contribution in [0.2, 0.25) is 0 Å². The van der Waals surface area contributed by atoms with E-state index in [1.54, 1.807) is 0 Å². The number of benzene rings is 1. The Morgan fingerprint density at radius 1 is 1.42 bits per heavy atom. The Bertz CT molecular complexity index is 388. The molecule has 2 unspecified atom stereocenters. The number of carbonyl (C=O) groups is 1. The second-order valence-electron chi connectivity index (χ2n) is 4.98. The molecule has 0 bridgehead atoms. The first kappa shape index (κ1) is 14.0. The molecule has 0 aromatic heterocycles. The van der Waals surface area contributed by atoms with E-state index in [4.69, 9.17) is 4.74 Å². The van der Waals surface area contributed by atoms with Gasteiger partial charge in [-0.15, -0.1) is 0 Å². The molecule has 0 radical (unpaired) electrons. The molecule has 0 spiro atoms. The van der Waals surface area contributed by atoms with Crippen molar-refractivity contribution in [1.82, 2.24) is 10.6 Å². The van der Waals surface area contributed by atoms with Crippen LogP contribution in [0.5, 0.6) is 0 Å². The molecule has 2 rings (SSSR count). The van der Waals surface area contributed by atoms with Gasteiger partial charge in [0.05, 0.1) is 12.6 Å². The van der Waals surface area contributed by atoms with Gasteiger partial charge in [-0.2, -0.15) is 0 Å². The molecule has 104 valence electrons. The summed E-state index contributed by atoms with van der Waals surface area (Å²) < 4.78 is 5.58. The first-order valence-electron chi connectivity index (χ1n) is 6.91. The smallest absolute Gasteiger partial charge is 0.234 e. The predicted molar refractivity (Wildman–Crippen MR) is 74.7 cm³/mol. The summed E-state index contributed by atoms with van der Waals surface area (Å²) in [5, 5.41) is 6.13. The molecule has 1 aromatic rings. The van der Waals surface area contributed by atoms with Crippen LogP contribution in [0.15, 0.2) is 30.3 Å². The summed E-state index contributed by atoms with van der Waals surface area (Å²) in [6, 6.07) is 10.1. The summed E-state index contributed by atoms with van der Waals surface area (Å²) in [4.78, 5) is 11.7. The summed E-state index contributed by atoms with van der Waals surface area (Å²) >= 11 is 0. The molecule has 1 aliphatic heterocycles. The molecule has 1 aromatic carbocycles. The van der Waals surface area contributed by atoms with Crippen LogP contribution in [0.4, 0.5) is 0 Å². The van der Waals surface area contributed by atoms with E-state index in [0.29, 0.717) is 13.1 Å². The van der Waals surface area contributed by atoms with E-state index in [2.05, 4.69) is 17.6 Å². The van der Waals surface area contributed by atoms with Gasteiger partial charge in [0, 0.05) is 19.2 Å². The monoisotopic (exact) mass is 262 g/mol. The van der Waals surface area contributed by atoms with Gasteiger partial charge in [-0.25, -0.2) is 0 Å².